The lowest BCUT2D eigenvalue weighted by Crippen LogP contribution is -2.38. The number of benzene rings is 1. The third-order valence-corrected chi connectivity index (χ3v) is 5.60. The SMILES string of the molecule is CCNC(=NCCCc1nnc2n1CCCCC2)N(C)Cc1ccc(OC)cc1OC. The minimum absolute atomic E-state index is 0.691. The fourth-order valence-electron chi connectivity index (χ4n) is 3.93. The molecule has 1 N–H and O–H groups in total. The maximum Gasteiger partial charge on any atom is 0.193 e. The van der Waals surface area contributed by atoms with Crippen molar-refractivity contribution in [3.05, 3.63) is 35.4 Å². The van der Waals surface area contributed by atoms with Crippen LogP contribution in [0.15, 0.2) is 23.2 Å². The molecule has 1 aromatic heterocycles. The summed E-state index contributed by atoms with van der Waals surface area (Å²) in [5.41, 5.74) is 1.09. The molecule has 170 valence electrons. The second kappa shape index (κ2) is 11.6. The third-order valence-electron chi connectivity index (χ3n) is 5.60. The van der Waals surface area contributed by atoms with Crippen LogP contribution in [-0.2, 0) is 25.9 Å². The Bertz CT molecular complexity index is 864. The smallest absolute Gasteiger partial charge is 0.193 e. The number of aliphatic imine (C=N–C) groups is 1. The third kappa shape index (κ3) is 6.12. The van der Waals surface area contributed by atoms with Crippen molar-refractivity contribution in [2.45, 2.75) is 58.5 Å². The Labute approximate surface area is 185 Å². The van der Waals surface area contributed by atoms with Gasteiger partial charge in [-0.25, -0.2) is 0 Å². The van der Waals surface area contributed by atoms with Crippen LogP contribution in [0, 0.1) is 0 Å². The van der Waals surface area contributed by atoms with E-state index in [9.17, 15) is 0 Å². The van der Waals surface area contributed by atoms with Crippen LogP contribution in [0.25, 0.3) is 0 Å². The standard InChI is InChI=1S/C23H36N6O2/c1-5-24-23(28(2)17-18-12-13-19(30-3)16-20(18)31-4)25-14-9-11-22-27-26-21-10-7-6-8-15-29(21)22/h12-13,16H,5-11,14-15,17H2,1-4H3,(H,24,25). The second-order valence-electron chi connectivity index (χ2n) is 7.87. The van der Waals surface area contributed by atoms with Crippen molar-refractivity contribution in [3.8, 4) is 11.5 Å². The number of fused-ring (bicyclic) bond motifs is 1. The molecule has 8 nitrogen and oxygen atoms in total. The lowest BCUT2D eigenvalue weighted by molar-refractivity contribution is 0.382. The summed E-state index contributed by atoms with van der Waals surface area (Å²) in [5.74, 6) is 4.75. The molecular formula is C23H36N6O2. The largest absolute Gasteiger partial charge is 0.497 e. The van der Waals surface area contributed by atoms with Gasteiger partial charge in [0.15, 0.2) is 5.96 Å². The number of methoxy groups -OCH3 is 2. The predicted octanol–water partition coefficient (Wildman–Crippen LogP) is 3.05. The van der Waals surface area contributed by atoms with Crippen molar-refractivity contribution in [2.24, 2.45) is 4.99 Å². The highest BCUT2D eigenvalue weighted by Gasteiger charge is 2.15. The van der Waals surface area contributed by atoms with E-state index in [1.807, 2.05) is 25.2 Å². The first-order valence-corrected chi connectivity index (χ1v) is 11.3. The number of aryl methyl sites for hydroxylation is 2. The number of nitrogens with zero attached hydrogens (tertiary/aromatic N) is 5. The van der Waals surface area contributed by atoms with Gasteiger partial charge in [-0.2, -0.15) is 0 Å². The number of rotatable bonds is 9. The van der Waals surface area contributed by atoms with Crippen LogP contribution in [0.1, 0.15) is 49.8 Å². The number of aromatic nitrogens is 3. The molecule has 0 amide bonds. The molecule has 31 heavy (non-hydrogen) atoms. The van der Waals surface area contributed by atoms with Crippen LogP contribution in [0.2, 0.25) is 0 Å². The Hall–Kier alpha value is -2.77. The number of hydrogen-bond acceptors (Lipinski definition) is 5. The summed E-state index contributed by atoms with van der Waals surface area (Å²) in [5, 5.41) is 12.2. The Balaban J connectivity index is 1.59. The molecule has 8 heteroatoms. The van der Waals surface area contributed by atoms with Gasteiger partial charge in [-0.3, -0.25) is 4.99 Å². The molecule has 1 aliphatic rings. The zero-order valence-corrected chi connectivity index (χ0v) is 19.4. The van der Waals surface area contributed by atoms with Gasteiger partial charge >= 0.3 is 0 Å². The van der Waals surface area contributed by atoms with E-state index in [0.29, 0.717) is 6.54 Å². The van der Waals surface area contributed by atoms with Crippen LogP contribution in [0.3, 0.4) is 0 Å². The molecule has 1 aliphatic heterocycles. The molecule has 0 unspecified atom stereocenters. The minimum Gasteiger partial charge on any atom is -0.497 e. The van der Waals surface area contributed by atoms with Gasteiger partial charge in [0.25, 0.3) is 0 Å². The normalized spacial score (nSPS) is 14.0. The molecule has 0 atom stereocenters. The predicted molar refractivity (Wildman–Crippen MR) is 123 cm³/mol. The van der Waals surface area contributed by atoms with Crippen LogP contribution < -0.4 is 14.8 Å². The molecule has 0 fully saturated rings. The summed E-state index contributed by atoms with van der Waals surface area (Å²) in [4.78, 5) is 6.96. The van der Waals surface area contributed by atoms with Gasteiger partial charge in [0.05, 0.1) is 14.2 Å². The van der Waals surface area contributed by atoms with E-state index in [-0.39, 0.29) is 0 Å². The Kier molecular flexibility index (Phi) is 8.55. The average Bonchev–Trinajstić information content (AvgIpc) is 3.01. The lowest BCUT2D eigenvalue weighted by Gasteiger charge is -2.23. The van der Waals surface area contributed by atoms with Gasteiger partial charge in [-0.05, 0) is 38.3 Å². The first kappa shape index (κ1) is 22.9. The van der Waals surface area contributed by atoms with Crippen LogP contribution in [0.4, 0.5) is 0 Å². The van der Waals surface area contributed by atoms with E-state index in [0.717, 1.165) is 73.6 Å². The lowest BCUT2D eigenvalue weighted by atomic mass is 10.2. The maximum absolute atomic E-state index is 5.54. The number of hydrogen-bond donors (Lipinski definition) is 1. The molecule has 1 aromatic carbocycles. The van der Waals surface area contributed by atoms with Crippen LogP contribution in [-0.4, -0.2) is 60.0 Å². The van der Waals surface area contributed by atoms with Gasteiger partial charge < -0.3 is 24.3 Å². The average molecular weight is 429 g/mol. The van der Waals surface area contributed by atoms with E-state index in [1.165, 1.54) is 19.3 Å². The molecular weight excluding hydrogens is 392 g/mol. The minimum atomic E-state index is 0.691. The zero-order valence-electron chi connectivity index (χ0n) is 19.4. The molecule has 2 aromatic rings. The van der Waals surface area contributed by atoms with Gasteiger partial charge in [0, 0.05) is 57.7 Å². The van der Waals surface area contributed by atoms with Gasteiger partial charge in [0.2, 0.25) is 0 Å². The van der Waals surface area contributed by atoms with Crippen LogP contribution >= 0.6 is 0 Å². The summed E-state index contributed by atoms with van der Waals surface area (Å²) < 4.78 is 13.2. The Morgan fingerprint density at radius 3 is 2.84 bits per heavy atom. The van der Waals surface area contributed by atoms with Gasteiger partial charge in [-0.1, -0.05) is 6.42 Å². The highest BCUT2D eigenvalue weighted by molar-refractivity contribution is 5.79. The highest BCUT2D eigenvalue weighted by atomic mass is 16.5. The molecule has 0 saturated carbocycles. The fourth-order valence-corrected chi connectivity index (χ4v) is 3.93. The molecule has 0 spiro atoms. The zero-order chi connectivity index (χ0) is 22.1. The summed E-state index contributed by atoms with van der Waals surface area (Å²) >= 11 is 0. The summed E-state index contributed by atoms with van der Waals surface area (Å²) in [7, 11) is 5.39. The number of nitrogens with one attached hydrogen (secondary N) is 1. The van der Waals surface area contributed by atoms with E-state index in [1.54, 1.807) is 14.2 Å². The quantitative estimate of drug-likeness (QED) is 0.376. The van der Waals surface area contributed by atoms with Crippen molar-refractivity contribution in [1.29, 1.82) is 0 Å². The summed E-state index contributed by atoms with van der Waals surface area (Å²) in [6.07, 6.45) is 6.64. The van der Waals surface area contributed by atoms with Crippen molar-refractivity contribution in [1.82, 2.24) is 25.0 Å². The molecule has 0 saturated heterocycles. The fraction of sp³-hybridized carbons (Fsp3) is 0.609. The molecule has 3 rings (SSSR count). The second-order valence-corrected chi connectivity index (χ2v) is 7.87. The Morgan fingerprint density at radius 1 is 1.19 bits per heavy atom. The van der Waals surface area contributed by atoms with E-state index in [2.05, 4.69) is 31.9 Å². The Morgan fingerprint density at radius 2 is 2.06 bits per heavy atom. The first-order valence-electron chi connectivity index (χ1n) is 11.3. The van der Waals surface area contributed by atoms with Gasteiger partial charge in [-0.15, -0.1) is 10.2 Å². The van der Waals surface area contributed by atoms with Gasteiger partial charge in [0.1, 0.15) is 23.1 Å². The van der Waals surface area contributed by atoms with Crippen molar-refractivity contribution >= 4 is 5.96 Å². The van der Waals surface area contributed by atoms with Crippen molar-refractivity contribution < 1.29 is 9.47 Å². The molecule has 0 bridgehead atoms. The monoisotopic (exact) mass is 428 g/mol. The highest BCUT2D eigenvalue weighted by Crippen LogP contribution is 2.25. The van der Waals surface area contributed by atoms with Crippen molar-refractivity contribution in [2.75, 3.05) is 34.4 Å². The summed E-state index contributed by atoms with van der Waals surface area (Å²) in [6, 6.07) is 5.90. The first-order chi connectivity index (χ1) is 15.2. The molecule has 2 heterocycles. The van der Waals surface area contributed by atoms with E-state index in [4.69, 9.17) is 14.5 Å². The maximum atomic E-state index is 5.54. The molecule has 0 aliphatic carbocycles. The van der Waals surface area contributed by atoms with Crippen LogP contribution in [0.5, 0.6) is 11.5 Å². The van der Waals surface area contributed by atoms with E-state index >= 15 is 0 Å². The number of ether oxygens (including phenoxy) is 2. The van der Waals surface area contributed by atoms with Crippen molar-refractivity contribution in [3.63, 3.8) is 0 Å². The topological polar surface area (TPSA) is 76.8 Å². The molecule has 0 radical (unpaired) electrons. The number of guanidine groups is 1. The summed E-state index contributed by atoms with van der Waals surface area (Å²) in [6.45, 7) is 5.39. The van der Waals surface area contributed by atoms with E-state index < -0.39 is 0 Å².